The molecular formula is C14H26ClN. The summed E-state index contributed by atoms with van der Waals surface area (Å²) in [5.41, 5.74) is 0. The van der Waals surface area contributed by atoms with E-state index in [4.69, 9.17) is 11.6 Å². The lowest BCUT2D eigenvalue weighted by Gasteiger charge is -2.38. The summed E-state index contributed by atoms with van der Waals surface area (Å²) in [6, 6.07) is 0.903. The lowest BCUT2D eigenvalue weighted by Crippen LogP contribution is -2.42. The van der Waals surface area contributed by atoms with Crippen molar-refractivity contribution in [2.75, 3.05) is 19.0 Å². The van der Waals surface area contributed by atoms with Gasteiger partial charge in [-0.05, 0) is 44.6 Å². The van der Waals surface area contributed by atoms with Gasteiger partial charge in [-0.15, -0.1) is 11.6 Å². The van der Waals surface area contributed by atoms with Crippen LogP contribution in [0.25, 0.3) is 0 Å². The number of piperidine rings is 1. The van der Waals surface area contributed by atoms with Crippen molar-refractivity contribution in [1.29, 1.82) is 0 Å². The third-order valence-electron chi connectivity index (χ3n) is 4.41. The second-order valence-corrected chi connectivity index (χ2v) is 6.00. The van der Waals surface area contributed by atoms with Crippen LogP contribution in [-0.2, 0) is 0 Å². The fraction of sp³-hybridized carbons (Fsp3) is 1.00. The molecule has 2 rings (SSSR count). The van der Waals surface area contributed by atoms with Gasteiger partial charge in [0.2, 0.25) is 0 Å². The zero-order valence-corrected chi connectivity index (χ0v) is 11.2. The molecule has 2 aliphatic rings. The Hall–Kier alpha value is 0.250. The molecule has 16 heavy (non-hydrogen) atoms. The summed E-state index contributed by atoms with van der Waals surface area (Å²) in [4.78, 5) is 2.78. The molecule has 1 heterocycles. The fourth-order valence-electron chi connectivity index (χ4n) is 3.44. The lowest BCUT2D eigenvalue weighted by molar-refractivity contribution is 0.111. The summed E-state index contributed by atoms with van der Waals surface area (Å²) < 4.78 is 0. The van der Waals surface area contributed by atoms with Gasteiger partial charge in [0.25, 0.3) is 0 Å². The highest BCUT2D eigenvalue weighted by Gasteiger charge is 2.25. The third-order valence-corrected chi connectivity index (χ3v) is 4.63. The molecule has 2 fully saturated rings. The highest BCUT2D eigenvalue weighted by molar-refractivity contribution is 6.17. The van der Waals surface area contributed by atoms with Crippen molar-refractivity contribution in [2.45, 2.75) is 63.8 Å². The van der Waals surface area contributed by atoms with Crippen molar-refractivity contribution in [3.05, 3.63) is 0 Å². The molecule has 0 bridgehead atoms. The zero-order chi connectivity index (χ0) is 11.2. The van der Waals surface area contributed by atoms with Crippen molar-refractivity contribution in [1.82, 2.24) is 4.90 Å². The van der Waals surface area contributed by atoms with Crippen LogP contribution in [0.2, 0.25) is 0 Å². The highest BCUT2D eigenvalue weighted by atomic mass is 35.5. The van der Waals surface area contributed by atoms with E-state index in [0.717, 1.165) is 17.8 Å². The summed E-state index contributed by atoms with van der Waals surface area (Å²) >= 11 is 5.88. The Labute approximate surface area is 106 Å². The van der Waals surface area contributed by atoms with Gasteiger partial charge in [0.15, 0.2) is 0 Å². The summed E-state index contributed by atoms with van der Waals surface area (Å²) in [6.45, 7) is 2.68. The predicted octanol–water partition coefficient (Wildman–Crippen LogP) is 4.05. The molecule has 0 aromatic heterocycles. The van der Waals surface area contributed by atoms with Gasteiger partial charge in [-0.25, -0.2) is 0 Å². The molecule has 2 heteroatoms. The van der Waals surface area contributed by atoms with Gasteiger partial charge in [0, 0.05) is 18.5 Å². The number of nitrogens with zero attached hydrogens (tertiary/aromatic N) is 1. The smallest absolute Gasteiger partial charge is 0.0226 e. The molecular weight excluding hydrogens is 218 g/mol. The van der Waals surface area contributed by atoms with E-state index in [9.17, 15) is 0 Å². The Balaban J connectivity index is 1.82. The van der Waals surface area contributed by atoms with Gasteiger partial charge in [0.05, 0.1) is 0 Å². The summed E-state index contributed by atoms with van der Waals surface area (Å²) in [5.74, 6) is 1.73. The molecule has 1 saturated heterocycles. The number of likely N-dealkylation sites (tertiary alicyclic amines) is 1. The van der Waals surface area contributed by atoms with Crippen LogP contribution in [0.1, 0.15) is 57.8 Å². The van der Waals surface area contributed by atoms with E-state index in [2.05, 4.69) is 4.90 Å². The lowest BCUT2D eigenvalue weighted by atomic mass is 9.93. The molecule has 0 aromatic rings. The largest absolute Gasteiger partial charge is 0.300 e. The van der Waals surface area contributed by atoms with E-state index in [-0.39, 0.29) is 0 Å². The molecule has 0 spiro atoms. The average Bonchev–Trinajstić information content (AvgIpc) is 2.58. The SMILES string of the molecule is ClCCC1CCCN(C2CCCCCC2)C1. The average molecular weight is 244 g/mol. The molecule has 1 saturated carbocycles. The maximum atomic E-state index is 5.88. The van der Waals surface area contributed by atoms with Crippen LogP contribution in [0.5, 0.6) is 0 Å². The Morgan fingerprint density at radius 1 is 0.938 bits per heavy atom. The molecule has 0 N–H and O–H groups in total. The van der Waals surface area contributed by atoms with Crippen LogP contribution in [0, 0.1) is 5.92 Å². The first-order valence-electron chi connectivity index (χ1n) is 7.20. The van der Waals surface area contributed by atoms with Crippen molar-refractivity contribution < 1.29 is 0 Å². The van der Waals surface area contributed by atoms with E-state index < -0.39 is 0 Å². The quantitative estimate of drug-likeness (QED) is 0.534. The second-order valence-electron chi connectivity index (χ2n) is 5.63. The minimum Gasteiger partial charge on any atom is -0.300 e. The highest BCUT2D eigenvalue weighted by Crippen LogP contribution is 2.27. The van der Waals surface area contributed by atoms with Gasteiger partial charge in [0.1, 0.15) is 0 Å². The Morgan fingerprint density at radius 3 is 2.38 bits per heavy atom. The van der Waals surface area contributed by atoms with E-state index >= 15 is 0 Å². The van der Waals surface area contributed by atoms with E-state index in [1.54, 1.807) is 0 Å². The van der Waals surface area contributed by atoms with Crippen LogP contribution in [-0.4, -0.2) is 29.9 Å². The van der Waals surface area contributed by atoms with E-state index in [1.807, 2.05) is 0 Å². The standard InChI is InChI=1S/C14H26ClN/c15-10-9-13-6-5-11-16(12-13)14-7-3-1-2-4-8-14/h13-14H,1-12H2. The number of rotatable bonds is 3. The predicted molar refractivity (Wildman–Crippen MR) is 71.1 cm³/mol. The van der Waals surface area contributed by atoms with E-state index in [1.165, 1.54) is 70.9 Å². The van der Waals surface area contributed by atoms with Gasteiger partial charge in [-0.1, -0.05) is 25.7 Å². The van der Waals surface area contributed by atoms with Crippen LogP contribution in [0.15, 0.2) is 0 Å². The first kappa shape index (κ1) is 12.7. The van der Waals surface area contributed by atoms with Crippen LogP contribution >= 0.6 is 11.6 Å². The van der Waals surface area contributed by atoms with Crippen LogP contribution < -0.4 is 0 Å². The zero-order valence-electron chi connectivity index (χ0n) is 10.5. The number of halogens is 1. The molecule has 0 aromatic carbocycles. The van der Waals surface area contributed by atoms with Crippen LogP contribution in [0.4, 0.5) is 0 Å². The monoisotopic (exact) mass is 243 g/mol. The van der Waals surface area contributed by atoms with Gasteiger partial charge >= 0.3 is 0 Å². The molecule has 0 amide bonds. The molecule has 1 aliphatic carbocycles. The third kappa shape index (κ3) is 3.63. The van der Waals surface area contributed by atoms with Gasteiger partial charge in [-0.2, -0.15) is 0 Å². The van der Waals surface area contributed by atoms with Crippen molar-refractivity contribution in [2.24, 2.45) is 5.92 Å². The first-order valence-corrected chi connectivity index (χ1v) is 7.73. The topological polar surface area (TPSA) is 3.24 Å². The van der Waals surface area contributed by atoms with E-state index in [0.29, 0.717) is 0 Å². The first-order chi connectivity index (χ1) is 7.90. The summed E-state index contributed by atoms with van der Waals surface area (Å²) in [6.07, 6.45) is 12.8. The van der Waals surface area contributed by atoms with Crippen molar-refractivity contribution >= 4 is 11.6 Å². The molecule has 94 valence electrons. The number of hydrogen-bond donors (Lipinski definition) is 0. The van der Waals surface area contributed by atoms with Gasteiger partial charge in [-0.3, -0.25) is 0 Å². The molecule has 1 atom stereocenters. The molecule has 1 unspecified atom stereocenters. The summed E-state index contributed by atoms with van der Waals surface area (Å²) in [7, 11) is 0. The Kier molecular flexibility index (Phi) is 5.44. The minimum absolute atomic E-state index is 0.850. The number of hydrogen-bond acceptors (Lipinski definition) is 1. The Bertz CT molecular complexity index is 185. The van der Waals surface area contributed by atoms with Crippen molar-refractivity contribution in [3.8, 4) is 0 Å². The van der Waals surface area contributed by atoms with Crippen LogP contribution in [0.3, 0.4) is 0 Å². The Morgan fingerprint density at radius 2 is 1.69 bits per heavy atom. The fourth-order valence-corrected chi connectivity index (χ4v) is 3.75. The second kappa shape index (κ2) is 6.86. The van der Waals surface area contributed by atoms with Gasteiger partial charge < -0.3 is 4.90 Å². The molecule has 1 nitrogen and oxygen atoms in total. The minimum atomic E-state index is 0.850. The van der Waals surface area contributed by atoms with Crippen molar-refractivity contribution in [3.63, 3.8) is 0 Å². The number of alkyl halides is 1. The normalized spacial score (nSPS) is 30.2. The maximum Gasteiger partial charge on any atom is 0.0226 e. The molecule has 0 radical (unpaired) electrons. The summed E-state index contributed by atoms with van der Waals surface area (Å²) in [5, 5.41) is 0. The molecule has 1 aliphatic heterocycles. The maximum absolute atomic E-state index is 5.88.